The van der Waals surface area contributed by atoms with Crippen LogP contribution in [0, 0.1) is 33.6 Å². The third kappa shape index (κ3) is 13.8. The van der Waals surface area contributed by atoms with Crippen molar-refractivity contribution in [2.45, 2.75) is 87.1 Å². The topological polar surface area (TPSA) is 94.6 Å². The van der Waals surface area contributed by atoms with Crippen LogP contribution in [-0.2, 0) is 20.7 Å². The fourth-order valence-electron chi connectivity index (χ4n) is 5.13. The quantitative estimate of drug-likeness (QED) is 0.179. The molecule has 1 unspecified atom stereocenters. The van der Waals surface area contributed by atoms with E-state index >= 15 is 0 Å². The Kier molecular flexibility index (Phi) is 16.5. The van der Waals surface area contributed by atoms with Crippen LogP contribution < -0.4 is 11.3 Å². The molecule has 2 N–H and O–H groups in total. The minimum absolute atomic E-state index is 0.0380. The van der Waals surface area contributed by atoms with Crippen molar-refractivity contribution < 1.29 is 18.7 Å². The second-order valence-corrected chi connectivity index (χ2v) is 12.4. The van der Waals surface area contributed by atoms with Crippen molar-refractivity contribution in [3.63, 3.8) is 0 Å². The van der Waals surface area contributed by atoms with E-state index in [0.29, 0.717) is 18.9 Å². The van der Waals surface area contributed by atoms with Gasteiger partial charge in [-0.3, -0.25) is 14.4 Å². The summed E-state index contributed by atoms with van der Waals surface area (Å²) in [6.07, 6.45) is 6.67. The average Bonchev–Trinajstić information content (AvgIpc) is 2.89. The van der Waals surface area contributed by atoms with Gasteiger partial charge in [-0.25, -0.2) is 4.39 Å². The first-order chi connectivity index (χ1) is 21.0. The Labute approximate surface area is 269 Å². The number of nitrogens with zero attached hydrogens (tertiary/aromatic N) is 2. The molecule has 1 atom stereocenters. The number of rotatable bonds is 14. The number of nitrogens with two attached hydrogens (primary N) is 1. The predicted molar refractivity (Wildman–Crippen MR) is 184 cm³/mol. The van der Waals surface area contributed by atoms with Gasteiger partial charge in [0.15, 0.2) is 0 Å². The molecule has 0 saturated carbocycles. The number of amides is 1. The number of hydrogen-bond donors (Lipinski definition) is 1. The molecule has 2 aromatic rings. The summed E-state index contributed by atoms with van der Waals surface area (Å²) in [7, 11) is 4.02. The number of aryl methyl sites for hydroxylation is 4. The van der Waals surface area contributed by atoms with Crippen LogP contribution in [0.1, 0.15) is 86.4 Å². The van der Waals surface area contributed by atoms with E-state index in [1.165, 1.54) is 16.2 Å². The van der Waals surface area contributed by atoms with Crippen LogP contribution in [-0.4, -0.2) is 48.6 Å². The van der Waals surface area contributed by atoms with Crippen LogP contribution in [0.3, 0.4) is 0 Å². The van der Waals surface area contributed by atoms with Crippen LogP contribution in [0.15, 0.2) is 59.3 Å². The highest BCUT2D eigenvalue weighted by atomic mass is 19.1. The van der Waals surface area contributed by atoms with E-state index in [2.05, 4.69) is 23.6 Å². The molecule has 248 valence electrons. The summed E-state index contributed by atoms with van der Waals surface area (Å²) in [5, 5.41) is 0. The van der Waals surface area contributed by atoms with Gasteiger partial charge in [0.2, 0.25) is 5.91 Å². The van der Waals surface area contributed by atoms with Crippen LogP contribution in [0.25, 0.3) is 5.57 Å². The molecule has 1 heterocycles. The van der Waals surface area contributed by atoms with Crippen LogP contribution >= 0.6 is 0 Å². The molecule has 0 bridgehead atoms. The first-order valence-electron chi connectivity index (χ1n) is 15.6. The second-order valence-electron chi connectivity index (χ2n) is 12.4. The van der Waals surface area contributed by atoms with Crippen LogP contribution in [0.4, 0.5) is 4.39 Å². The number of benzene rings is 1. The first kappa shape index (κ1) is 39.2. The Hall–Kier alpha value is -3.78. The van der Waals surface area contributed by atoms with Crippen molar-refractivity contribution >= 4 is 17.4 Å². The Morgan fingerprint density at radius 2 is 1.64 bits per heavy atom. The molecule has 1 aromatic heterocycles. The fourth-order valence-corrected chi connectivity index (χ4v) is 5.13. The number of aromatic nitrogens is 1. The van der Waals surface area contributed by atoms with Crippen molar-refractivity contribution in [3.8, 4) is 0 Å². The van der Waals surface area contributed by atoms with Crippen LogP contribution in [0.5, 0.6) is 0 Å². The number of esters is 1. The number of primary amides is 1. The van der Waals surface area contributed by atoms with E-state index < -0.39 is 11.9 Å². The normalized spacial score (nSPS) is 12.6. The largest absolute Gasteiger partial charge is 0.466 e. The number of ether oxygens (including phenoxy) is 1. The number of hydrogen-bond acceptors (Lipinski definition) is 5. The molecule has 0 aliphatic rings. The minimum Gasteiger partial charge on any atom is -0.466 e. The zero-order chi connectivity index (χ0) is 34.4. The third-order valence-corrected chi connectivity index (χ3v) is 7.14. The van der Waals surface area contributed by atoms with Gasteiger partial charge in [0.25, 0.3) is 5.56 Å². The highest BCUT2D eigenvalue weighted by Crippen LogP contribution is 2.28. The number of pyridine rings is 1. The molecule has 0 radical (unpaired) electrons. The molecular weight excluding hydrogens is 569 g/mol. The van der Waals surface area contributed by atoms with Gasteiger partial charge in [0.05, 0.1) is 13.0 Å². The number of likely N-dealkylation sites (N-methyl/N-ethyl adjacent to an activating group) is 1. The van der Waals surface area contributed by atoms with Crippen molar-refractivity contribution in [1.29, 1.82) is 0 Å². The maximum atomic E-state index is 14.3. The summed E-state index contributed by atoms with van der Waals surface area (Å²) in [5.74, 6) is -0.877. The lowest BCUT2D eigenvalue weighted by molar-refractivity contribution is -0.143. The fraction of sp³-hybridized carbons (Fsp3) is 0.486. The molecular formula is C37H54FN3O4. The lowest BCUT2D eigenvalue weighted by Crippen LogP contribution is -2.35. The van der Waals surface area contributed by atoms with Gasteiger partial charge in [-0.1, -0.05) is 49.8 Å². The molecule has 0 spiro atoms. The summed E-state index contributed by atoms with van der Waals surface area (Å²) in [6.45, 7) is 20.8. The van der Waals surface area contributed by atoms with Crippen molar-refractivity contribution in [1.82, 2.24) is 9.47 Å². The number of allylic oxidation sites excluding steroid dienone is 5. The molecule has 45 heavy (non-hydrogen) atoms. The molecule has 1 aromatic carbocycles. The Bertz CT molecular complexity index is 1430. The summed E-state index contributed by atoms with van der Waals surface area (Å²) in [5.41, 5.74) is 13.4. The Morgan fingerprint density at radius 1 is 1.04 bits per heavy atom. The van der Waals surface area contributed by atoms with Gasteiger partial charge < -0.3 is 19.9 Å². The van der Waals surface area contributed by atoms with Gasteiger partial charge in [-0.15, -0.1) is 0 Å². The maximum Gasteiger partial charge on any atom is 0.306 e. The highest BCUT2D eigenvalue weighted by Gasteiger charge is 2.21. The van der Waals surface area contributed by atoms with Gasteiger partial charge in [0, 0.05) is 25.2 Å². The Balaban J connectivity index is 0.000000454. The molecule has 0 aliphatic heterocycles. The number of carbonyl (C=O) groups excluding carboxylic acids is 2. The molecule has 0 aliphatic carbocycles. The summed E-state index contributed by atoms with van der Waals surface area (Å²) in [4.78, 5) is 37.4. The van der Waals surface area contributed by atoms with Gasteiger partial charge in [-0.2, -0.15) is 0 Å². The van der Waals surface area contributed by atoms with Gasteiger partial charge in [0.1, 0.15) is 11.9 Å². The van der Waals surface area contributed by atoms with E-state index in [1.807, 2.05) is 68.6 Å². The standard InChI is InChI=1S/C21H27FO2.C16H27N3O2/c1-7-24-20(23)9-8-19(22)13-18(10-14(2)3)21-16(5)11-15(4)12-17(21)6;1-11(2)8-14(16(17)21)19-10-13(6-7-18(4)5)12(3)9-15(19)20/h10-13H,2,7-9H2,1,3-6H3;9-11,14H,6-8H2,1-5H3,(H2,17,21)/b18-10+,19-13-;. The summed E-state index contributed by atoms with van der Waals surface area (Å²) < 4.78 is 20.7. The molecule has 8 heteroatoms. The van der Waals surface area contributed by atoms with E-state index in [4.69, 9.17) is 10.5 Å². The first-order valence-corrected chi connectivity index (χ1v) is 15.6. The average molecular weight is 624 g/mol. The lowest BCUT2D eigenvalue weighted by atomic mass is 9.92. The van der Waals surface area contributed by atoms with Gasteiger partial charge in [-0.05, 0) is 114 Å². The van der Waals surface area contributed by atoms with Crippen molar-refractivity contribution in [3.05, 3.63) is 98.3 Å². The molecule has 2 rings (SSSR count). The molecule has 7 nitrogen and oxygen atoms in total. The Morgan fingerprint density at radius 3 is 2.13 bits per heavy atom. The van der Waals surface area contributed by atoms with E-state index in [1.54, 1.807) is 19.2 Å². The van der Waals surface area contributed by atoms with Gasteiger partial charge >= 0.3 is 5.97 Å². The van der Waals surface area contributed by atoms with Crippen molar-refractivity contribution in [2.75, 3.05) is 27.2 Å². The number of carbonyl (C=O) groups is 2. The zero-order valence-corrected chi connectivity index (χ0v) is 29.1. The molecule has 0 fully saturated rings. The predicted octanol–water partition coefficient (Wildman–Crippen LogP) is 7.10. The monoisotopic (exact) mass is 623 g/mol. The van der Waals surface area contributed by atoms with Crippen molar-refractivity contribution in [2.24, 2.45) is 11.7 Å². The molecule has 1 amide bonds. The maximum absolute atomic E-state index is 14.3. The van der Waals surface area contributed by atoms with E-state index in [-0.39, 0.29) is 30.2 Å². The highest BCUT2D eigenvalue weighted by molar-refractivity contribution is 5.80. The van der Waals surface area contributed by atoms with E-state index in [9.17, 15) is 18.8 Å². The zero-order valence-electron chi connectivity index (χ0n) is 29.1. The SMILES string of the molecule is C=C(C)/C=C(\C=C(/F)CCC(=O)OCC)c1c(C)cc(C)cc1C.Cc1cc(=O)n(C(CC(C)C)C(N)=O)cc1CCN(C)C. The lowest BCUT2D eigenvalue weighted by Gasteiger charge is -2.20. The smallest absolute Gasteiger partial charge is 0.306 e. The number of halogens is 1. The summed E-state index contributed by atoms with van der Waals surface area (Å²) >= 11 is 0. The second kappa shape index (κ2) is 18.9. The van der Waals surface area contributed by atoms with Crippen LogP contribution in [0.2, 0.25) is 0 Å². The van der Waals surface area contributed by atoms with E-state index in [0.717, 1.165) is 51.9 Å². The minimum atomic E-state index is -0.573. The third-order valence-electron chi connectivity index (χ3n) is 7.14. The summed E-state index contributed by atoms with van der Waals surface area (Å²) in [6, 6.07) is 5.19. The molecule has 0 saturated heterocycles.